The average Bonchev–Trinajstić information content (AvgIpc) is 2.13. The fraction of sp³-hybridized carbons (Fsp3) is 0.625. The molecule has 0 spiro atoms. The molecule has 0 saturated carbocycles. The Hall–Kier alpha value is -1.64. The zero-order chi connectivity index (χ0) is 13.1. The van der Waals surface area contributed by atoms with Crippen molar-refractivity contribution >= 4 is 21.7 Å². The zero-order valence-electron chi connectivity index (χ0n) is 9.84. The Morgan fingerprint density at radius 1 is 1.41 bits per heavy atom. The van der Waals surface area contributed by atoms with Crippen molar-refractivity contribution in [1.29, 1.82) is 0 Å². The van der Waals surface area contributed by atoms with Gasteiger partial charge in [-0.2, -0.15) is 15.0 Å². The van der Waals surface area contributed by atoms with Gasteiger partial charge in [-0.05, 0) is 6.92 Å². The van der Waals surface area contributed by atoms with E-state index in [1.54, 1.807) is 6.92 Å². The number of hydrogen-bond donors (Lipinski definition) is 2. The maximum atomic E-state index is 11.1. The summed E-state index contributed by atoms with van der Waals surface area (Å²) in [4.78, 5) is 11.4. The van der Waals surface area contributed by atoms with E-state index in [4.69, 9.17) is 10.5 Å². The van der Waals surface area contributed by atoms with Crippen molar-refractivity contribution in [3.63, 3.8) is 0 Å². The maximum absolute atomic E-state index is 11.1. The molecular weight excluding hydrogens is 246 g/mol. The number of hydrogen-bond acceptors (Lipinski definition) is 8. The SMILES string of the molecule is COc1nc(N)nc(NC(C)CS(C)(=O)=O)n1. The number of aromatic nitrogens is 3. The average molecular weight is 261 g/mol. The van der Waals surface area contributed by atoms with E-state index in [0.717, 1.165) is 6.26 Å². The van der Waals surface area contributed by atoms with Crippen LogP contribution in [0.15, 0.2) is 0 Å². The van der Waals surface area contributed by atoms with Gasteiger partial charge in [0.25, 0.3) is 0 Å². The highest BCUT2D eigenvalue weighted by molar-refractivity contribution is 7.90. The molecular formula is C8H15N5O3S. The molecule has 17 heavy (non-hydrogen) atoms. The normalized spacial score (nSPS) is 13.1. The molecule has 9 heteroatoms. The second kappa shape index (κ2) is 5.13. The quantitative estimate of drug-likeness (QED) is 0.714. The molecule has 0 aliphatic carbocycles. The third-order valence-corrected chi connectivity index (χ3v) is 2.85. The molecule has 1 unspecified atom stereocenters. The van der Waals surface area contributed by atoms with Crippen LogP contribution in [0.1, 0.15) is 6.92 Å². The summed E-state index contributed by atoms with van der Waals surface area (Å²) in [6.45, 7) is 1.70. The molecule has 0 radical (unpaired) electrons. The minimum absolute atomic E-state index is 0.00547. The van der Waals surface area contributed by atoms with Gasteiger partial charge in [0.2, 0.25) is 11.9 Å². The number of nitrogens with two attached hydrogens (primary N) is 1. The first kappa shape index (κ1) is 13.4. The van der Waals surface area contributed by atoms with Crippen LogP contribution in [-0.2, 0) is 9.84 Å². The molecule has 1 atom stereocenters. The van der Waals surface area contributed by atoms with Crippen molar-refractivity contribution in [2.45, 2.75) is 13.0 Å². The summed E-state index contributed by atoms with van der Waals surface area (Å²) >= 11 is 0. The van der Waals surface area contributed by atoms with E-state index in [-0.39, 0.29) is 29.7 Å². The van der Waals surface area contributed by atoms with E-state index < -0.39 is 9.84 Å². The molecule has 0 fully saturated rings. The number of anilines is 2. The lowest BCUT2D eigenvalue weighted by Gasteiger charge is -2.12. The number of nitrogen functional groups attached to an aromatic ring is 1. The van der Waals surface area contributed by atoms with Gasteiger partial charge >= 0.3 is 6.01 Å². The third kappa shape index (κ3) is 4.81. The Balaban J connectivity index is 2.77. The van der Waals surface area contributed by atoms with Gasteiger partial charge < -0.3 is 15.8 Å². The van der Waals surface area contributed by atoms with Crippen molar-refractivity contribution in [2.75, 3.05) is 30.2 Å². The second-order valence-electron chi connectivity index (χ2n) is 3.64. The summed E-state index contributed by atoms with van der Waals surface area (Å²) in [5.74, 6) is 0.164. The fourth-order valence-electron chi connectivity index (χ4n) is 1.24. The monoisotopic (exact) mass is 261 g/mol. The lowest BCUT2D eigenvalue weighted by Crippen LogP contribution is -2.26. The summed E-state index contributed by atoms with van der Waals surface area (Å²) in [6, 6.07) is -0.261. The Morgan fingerprint density at radius 3 is 2.59 bits per heavy atom. The minimum Gasteiger partial charge on any atom is -0.467 e. The topological polar surface area (TPSA) is 120 Å². The van der Waals surface area contributed by atoms with Gasteiger partial charge in [0.05, 0.1) is 12.9 Å². The van der Waals surface area contributed by atoms with Crippen LogP contribution in [0, 0.1) is 0 Å². The van der Waals surface area contributed by atoms with Crippen molar-refractivity contribution in [2.24, 2.45) is 0 Å². The van der Waals surface area contributed by atoms with Crippen LogP contribution in [0.4, 0.5) is 11.9 Å². The Bertz CT molecular complexity index is 490. The van der Waals surface area contributed by atoms with Crippen molar-refractivity contribution in [3.05, 3.63) is 0 Å². The number of nitrogens with one attached hydrogen (secondary N) is 1. The van der Waals surface area contributed by atoms with Crippen LogP contribution >= 0.6 is 0 Å². The predicted molar refractivity (Wildman–Crippen MR) is 63.6 cm³/mol. The second-order valence-corrected chi connectivity index (χ2v) is 5.83. The number of ether oxygens (including phenoxy) is 1. The first-order valence-electron chi connectivity index (χ1n) is 4.80. The van der Waals surface area contributed by atoms with Gasteiger partial charge in [0, 0.05) is 12.3 Å². The van der Waals surface area contributed by atoms with Gasteiger partial charge in [0.1, 0.15) is 9.84 Å². The highest BCUT2D eigenvalue weighted by Crippen LogP contribution is 2.09. The molecule has 0 saturated heterocycles. The lowest BCUT2D eigenvalue weighted by molar-refractivity contribution is 0.379. The number of methoxy groups -OCH3 is 1. The van der Waals surface area contributed by atoms with E-state index >= 15 is 0 Å². The standard InChI is InChI=1S/C8H15N5O3S/c1-5(4-17(3,14)15)10-7-11-6(9)12-8(13-7)16-2/h5H,4H2,1-3H3,(H3,9,10,11,12,13). The summed E-state index contributed by atoms with van der Waals surface area (Å²) in [6.07, 6.45) is 1.16. The van der Waals surface area contributed by atoms with Crippen LogP contribution in [0.25, 0.3) is 0 Å². The zero-order valence-corrected chi connectivity index (χ0v) is 10.7. The minimum atomic E-state index is -3.07. The largest absolute Gasteiger partial charge is 0.467 e. The molecule has 1 rings (SSSR count). The maximum Gasteiger partial charge on any atom is 0.322 e. The summed E-state index contributed by atoms with van der Waals surface area (Å²) < 4.78 is 27.0. The number of rotatable bonds is 5. The van der Waals surface area contributed by atoms with Crippen LogP contribution in [0.5, 0.6) is 6.01 Å². The molecule has 0 aliphatic heterocycles. The van der Waals surface area contributed by atoms with E-state index in [9.17, 15) is 8.42 Å². The van der Waals surface area contributed by atoms with Gasteiger partial charge in [-0.15, -0.1) is 0 Å². The van der Waals surface area contributed by atoms with Crippen molar-refractivity contribution in [3.8, 4) is 6.01 Å². The van der Waals surface area contributed by atoms with E-state index in [1.807, 2.05) is 0 Å². The molecule has 96 valence electrons. The first-order valence-corrected chi connectivity index (χ1v) is 6.86. The highest BCUT2D eigenvalue weighted by Gasteiger charge is 2.12. The molecule has 0 amide bonds. The van der Waals surface area contributed by atoms with Gasteiger partial charge in [-0.3, -0.25) is 0 Å². The number of sulfone groups is 1. The Labute approximate surface area is 99.5 Å². The van der Waals surface area contributed by atoms with Crippen LogP contribution < -0.4 is 15.8 Å². The van der Waals surface area contributed by atoms with Gasteiger partial charge in [-0.1, -0.05) is 0 Å². The van der Waals surface area contributed by atoms with E-state index in [1.165, 1.54) is 7.11 Å². The Kier molecular flexibility index (Phi) is 4.05. The molecule has 1 aromatic heterocycles. The molecule has 8 nitrogen and oxygen atoms in total. The molecule has 3 N–H and O–H groups in total. The fourth-order valence-corrected chi connectivity index (χ4v) is 2.24. The van der Waals surface area contributed by atoms with Crippen molar-refractivity contribution < 1.29 is 13.2 Å². The van der Waals surface area contributed by atoms with Gasteiger partial charge in [-0.25, -0.2) is 8.42 Å². The summed E-state index contributed by atoms with van der Waals surface area (Å²) in [5, 5.41) is 2.81. The first-order chi connectivity index (χ1) is 7.80. The van der Waals surface area contributed by atoms with Crippen molar-refractivity contribution in [1.82, 2.24) is 15.0 Å². The number of nitrogens with zero attached hydrogens (tertiary/aromatic N) is 3. The third-order valence-electron chi connectivity index (χ3n) is 1.74. The van der Waals surface area contributed by atoms with E-state index in [2.05, 4.69) is 20.3 Å². The Morgan fingerprint density at radius 2 is 2.06 bits per heavy atom. The predicted octanol–water partition coefficient (Wildman–Crippen LogP) is -0.693. The highest BCUT2D eigenvalue weighted by atomic mass is 32.2. The smallest absolute Gasteiger partial charge is 0.322 e. The van der Waals surface area contributed by atoms with Crippen LogP contribution in [-0.4, -0.2) is 48.5 Å². The summed E-state index contributed by atoms with van der Waals surface area (Å²) in [5.41, 5.74) is 5.44. The molecule has 1 heterocycles. The van der Waals surface area contributed by atoms with Crippen LogP contribution in [0.2, 0.25) is 0 Å². The van der Waals surface area contributed by atoms with E-state index in [0.29, 0.717) is 0 Å². The molecule has 1 aromatic rings. The van der Waals surface area contributed by atoms with Crippen LogP contribution in [0.3, 0.4) is 0 Å². The van der Waals surface area contributed by atoms with Gasteiger partial charge in [0.15, 0.2) is 0 Å². The lowest BCUT2D eigenvalue weighted by atomic mass is 10.4. The summed E-state index contributed by atoms with van der Waals surface area (Å²) in [7, 11) is -1.66. The molecule has 0 aliphatic rings. The molecule has 0 bridgehead atoms. The molecule has 0 aromatic carbocycles.